The van der Waals surface area contributed by atoms with Gasteiger partial charge in [-0.05, 0) is 48.1 Å². The summed E-state index contributed by atoms with van der Waals surface area (Å²) in [6, 6.07) is 8.82. The van der Waals surface area contributed by atoms with Gasteiger partial charge in [-0.25, -0.2) is 0 Å². The van der Waals surface area contributed by atoms with E-state index in [1.165, 1.54) is 62.5 Å². The quantitative estimate of drug-likeness (QED) is 0.376. The van der Waals surface area contributed by atoms with Crippen LogP contribution in [-0.4, -0.2) is 0 Å². The first kappa shape index (κ1) is 19.0. The molecule has 0 aromatic heterocycles. The highest BCUT2D eigenvalue weighted by atomic mass is 14.2. The topological polar surface area (TPSA) is 0 Å². The zero-order chi connectivity index (χ0) is 16.4. The number of hydrogen-bond acceptors (Lipinski definition) is 0. The van der Waals surface area contributed by atoms with Crippen LogP contribution in [0, 0.1) is 11.3 Å². The van der Waals surface area contributed by atoms with Gasteiger partial charge < -0.3 is 0 Å². The highest BCUT2D eigenvalue weighted by Gasteiger charge is 2.16. The monoisotopic (exact) mass is 300 g/mol. The van der Waals surface area contributed by atoms with Gasteiger partial charge in [0, 0.05) is 0 Å². The second kappa shape index (κ2) is 9.87. The molecule has 0 amide bonds. The van der Waals surface area contributed by atoms with Crippen LogP contribution in [-0.2, 0) is 6.42 Å². The van der Waals surface area contributed by atoms with Crippen LogP contribution in [0.4, 0.5) is 0 Å². The predicted octanol–water partition coefficient (Wildman–Crippen LogP) is 7.29. The lowest BCUT2D eigenvalue weighted by Gasteiger charge is -2.25. The van der Waals surface area contributed by atoms with Crippen LogP contribution in [0.3, 0.4) is 0 Å². The summed E-state index contributed by atoms with van der Waals surface area (Å²) in [5, 5.41) is 0. The molecule has 0 saturated heterocycles. The average molecular weight is 301 g/mol. The van der Waals surface area contributed by atoms with Crippen molar-refractivity contribution in [2.24, 2.45) is 11.3 Å². The SMILES string of the molecule is C=Cc1ccc(CCCCCC(C)(C)CCCC(C)C)cc1. The summed E-state index contributed by atoms with van der Waals surface area (Å²) < 4.78 is 0. The van der Waals surface area contributed by atoms with Crippen molar-refractivity contribution in [3.05, 3.63) is 42.0 Å². The minimum Gasteiger partial charge on any atom is -0.0985 e. The molecule has 1 aromatic rings. The number of hydrogen-bond donors (Lipinski definition) is 0. The third kappa shape index (κ3) is 8.41. The molecule has 0 aliphatic carbocycles. The molecule has 0 heteroatoms. The first-order valence-corrected chi connectivity index (χ1v) is 9.14. The van der Waals surface area contributed by atoms with Gasteiger partial charge in [0.2, 0.25) is 0 Å². The van der Waals surface area contributed by atoms with Gasteiger partial charge in [-0.15, -0.1) is 0 Å². The van der Waals surface area contributed by atoms with Crippen molar-refractivity contribution < 1.29 is 0 Å². The van der Waals surface area contributed by atoms with Crippen LogP contribution in [0.25, 0.3) is 6.08 Å². The van der Waals surface area contributed by atoms with E-state index in [9.17, 15) is 0 Å². The minimum atomic E-state index is 0.528. The maximum absolute atomic E-state index is 3.80. The van der Waals surface area contributed by atoms with E-state index < -0.39 is 0 Å². The summed E-state index contributed by atoms with van der Waals surface area (Å²) in [4.78, 5) is 0. The van der Waals surface area contributed by atoms with Crippen LogP contribution in [0.15, 0.2) is 30.8 Å². The van der Waals surface area contributed by atoms with Gasteiger partial charge in [-0.1, -0.05) is 90.3 Å². The first-order valence-electron chi connectivity index (χ1n) is 9.14. The van der Waals surface area contributed by atoms with E-state index in [4.69, 9.17) is 0 Å². The van der Waals surface area contributed by atoms with Crippen molar-refractivity contribution in [2.45, 2.75) is 79.1 Å². The van der Waals surface area contributed by atoms with Crippen LogP contribution >= 0.6 is 0 Å². The van der Waals surface area contributed by atoms with Crippen molar-refractivity contribution >= 4 is 6.08 Å². The molecule has 0 aliphatic heterocycles. The fraction of sp³-hybridized carbons (Fsp3) is 0.636. The third-order valence-corrected chi connectivity index (χ3v) is 4.67. The Morgan fingerprint density at radius 2 is 1.59 bits per heavy atom. The zero-order valence-corrected chi connectivity index (χ0v) is 15.3. The van der Waals surface area contributed by atoms with Gasteiger partial charge in [-0.2, -0.15) is 0 Å². The summed E-state index contributed by atoms with van der Waals surface area (Å²) in [6.07, 6.45) is 12.7. The predicted molar refractivity (Wildman–Crippen MR) is 101 cm³/mol. The molecule has 1 aromatic carbocycles. The maximum Gasteiger partial charge on any atom is -0.0262 e. The smallest absolute Gasteiger partial charge is 0.0262 e. The highest BCUT2D eigenvalue weighted by molar-refractivity contribution is 5.47. The molecule has 0 saturated carbocycles. The zero-order valence-electron chi connectivity index (χ0n) is 15.3. The lowest BCUT2D eigenvalue weighted by Crippen LogP contribution is -2.11. The van der Waals surface area contributed by atoms with Crippen LogP contribution in [0.1, 0.15) is 83.8 Å². The Balaban J connectivity index is 2.14. The third-order valence-electron chi connectivity index (χ3n) is 4.67. The lowest BCUT2D eigenvalue weighted by atomic mass is 9.81. The normalized spacial score (nSPS) is 11.9. The van der Waals surface area contributed by atoms with Gasteiger partial charge in [0.05, 0.1) is 0 Å². The largest absolute Gasteiger partial charge is 0.0985 e. The van der Waals surface area contributed by atoms with Crippen LogP contribution in [0.5, 0.6) is 0 Å². The van der Waals surface area contributed by atoms with E-state index in [0.29, 0.717) is 5.41 Å². The van der Waals surface area contributed by atoms with Crippen molar-refractivity contribution in [2.75, 3.05) is 0 Å². The maximum atomic E-state index is 3.80. The number of benzene rings is 1. The lowest BCUT2D eigenvalue weighted by molar-refractivity contribution is 0.278. The Hall–Kier alpha value is -1.04. The first-order chi connectivity index (χ1) is 10.4. The Bertz CT molecular complexity index is 408. The van der Waals surface area contributed by atoms with Gasteiger partial charge in [0.25, 0.3) is 0 Å². The van der Waals surface area contributed by atoms with Gasteiger partial charge in [0.1, 0.15) is 0 Å². The molecule has 0 N–H and O–H groups in total. The Morgan fingerprint density at radius 1 is 0.955 bits per heavy atom. The van der Waals surface area contributed by atoms with E-state index in [1.807, 2.05) is 6.08 Å². The molecular formula is C22H36. The highest BCUT2D eigenvalue weighted by Crippen LogP contribution is 2.30. The molecule has 0 fully saturated rings. The summed E-state index contributed by atoms with van der Waals surface area (Å²) in [5.74, 6) is 0.850. The van der Waals surface area contributed by atoms with Crippen molar-refractivity contribution in [1.29, 1.82) is 0 Å². The summed E-state index contributed by atoms with van der Waals surface area (Å²) in [7, 11) is 0. The second-order valence-corrected chi connectivity index (χ2v) is 7.96. The Kier molecular flexibility index (Phi) is 8.53. The van der Waals surface area contributed by atoms with Crippen molar-refractivity contribution in [1.82, 2.24) is 0 Å². The molecule has 0 atom stereocenters. The van der Waals surface area contributed by atoms with E-state index >= 15 is 0 Å². The van der Waals surface area contributed by atoms with E-state index in [1.54, 1.807) is 0 Å². The van der Waals surface area contributed by atoms with Crippen LogP contribution in [0.2, 0.25) is 0 Å². The number of rotatable bonds is 11. The molecule has 0 heterocycles. The van der Waals surface area contributed by atoms with Crippen LogP contribution < -0.4 is 0 Å². The standard InChI is InChI=1S/C22H36/c1-6-20-13-15-21(16-14-20)12-8-7-9-17-22(4,5)18-10-11-19(2)3/h6,13-16,19H,1,7-12,17-18H2,2-5H3. The second-order valence-electron chi connectivity index (χ2n) is 7.96. The Morgan fingerprint density at radius 3 is 2.18 bits per heavy atom. The fourth-order valence-electron chi connectivity index (χ4n) is 3.04. The molecule has 0 radical (unpaired) electrons. The molecule has 0 spiro atoms. The average Bonchev–Trinajstić information content (AvgIpc) is 2.47. The van der Waals surface area contributed by atoms with E-state index in [2.05, 4.69) is 58.5 Å². The molecule has 0 nitrogen and oxygen atoms in total. The number of aryl methyl sites for hydroxylation is 1. The fourth-order valence-corrected chi connectivity index (χ4v) is 3.04. The molecular weight excluding hydrogens is 264 g/mol. The summed E-state index contributed by atoms with van der Waals surface area (Å²) in [5.41, 5.74) is 3.20. The van der Waals surface area contributed by atoms with E-state index in [-0.39, 0.29) is 0 Å². The molecule has 0 aliphatic rings. The summed E-state index contributed by atoms with van der Waals surface area (Å²) >= 11 is 0. The summed E-state index contributed by atoms with van der Waals surface area (Å²) in [6.45, 7) is 13.3. The van der Waals surface area contributed by atoms with Gasteiger partial charge in [0.15, 0.2) is 0 Å². The molecule has 0 bridgehead atoms. The van der Waals surface area contributed by atoms with Gasteiger partial charge >= 0.3 is 0 Å². The van der Waals surface area contributed by atoms with Gasteiger partial charge in [-0.3, -0.25) is 0 Å². The van der Waals surface area contributed by atoms with Crippen molar-refractivity contribution in [3.63, 3.8) is 0 Å². The van der Waals surface area contributed by atoms with E-state index in [0.717, 1.165) is 5.92 Å². The molecule has 0 unspecified atom stereocenters. The molecule has 22 heavy (non-hydrogen) atoms. The van der Waals surface area contributed by atoms with Crippen molar-refractivity contribution in [3.8, 4) is 0 Å². The molecule has 1 rings (SSSR count). The minimum absolute atomic E-state index is 0.528. The Labute approximate surface area is 139 Å². The number of unbranched alkanes of at least 4 members (excludes halogenated alkanes) is 2. The molecule has 124 valence electrons.